The Morgan fingerprint density at radius 3 is 2.29 bits per heavy atom. The van der Waals surface area contributed by atoms with Crippen molar-refractivity contribution in [3.63, 3.8) is 0 Å². The van der Waals surface area contributed by atoms with Crippen LogP contribution in [0.15, 0.2) is 21.7 Å². The molecule has 1 aromatic rings. The SMILES string of the molecule is CC=Cc1oc(S)c(C=O)c1C=CC. The molecule has 1 rings (SSSR count). The Kier molecular flexibility index (Phi) is 3.77. The Labute approximate surface area is 88.7 Å². The molecule has 14 heavy (non-hydrogen) atoms. The van der Waals surface area contributed by atoms with E-state index in [1.165, 1.54) is 0 Å². The number of carbonyl (C=O) groups is 1. The third kappa shape index (κ3) is 1.99. The van der Waals surface area contributed by atoms with Crippen molar-refractivity contribution >= 4 is 31.1 Å². The summed E-state index contributed by atoms with van der Waals surface area (Å²) in [6.45, 7) is 3.78. The molecule has 1 heterocycles. The largest absolute Gasteiger partial charge is 0.449 e. The van der Waals surface area contributed by atoms with Gasteiger partial charge in [-0.05, 0) is 19.9 Å². The van der Waals surface area contributed by atoms with Gasteiger partial charge in [0.05, 0.1) is 5.56 Å². The number of thiol groups is 1. The van der Waals surface area contributed by atoms with E-state index < -0.39 is 0 Å². The first kappa shape index (κ1) is 10.9. The maximum Gasteiger partial charge on any atom is 0.169 e. The molecule has 3 heteroatoms. The zero-order chi connectivity index (χ0) is 10.6. The molecule has 0 aliphatic heterocycles. The van der Waals surface area contributed by atoms with Crippen molar-refractivity contribution in [2.75, 3.05) is 0 Å². The van der Waals surface area contributed by atoms with Gasteiger partial charge in [-0.25, -0.2) is 0 Å². The number of allylic oxidation sites excluding steroid dienone is 2. The van der Waals surface area contributed by atoms with E-state index in [0.717, 1.165) is 11.8 Å². The summed E-state index contributed by atoms with van der Waals surface area (Å²) in [5, 5.41) is 0.362. The number of hydrogen-bond donors (Lipinski definition) is 1. The van der Waals surface area contributed by atoms with Crippen molar-refractivity contribution in [3.8, 4) is 0 Å². The molecular weight excluding hydrogens is 196 g/mol. The van der Waals surface area contributed by atoms with Gasteiger partial charge in [-0.1, -0.05) is 18.2 Å². The normalized spacial score (nSPS) is 11.6. The van der Waals surface area contributed by atoms with Gasteiger partial charge in [-0.3, -0.25) is 4.79 Å². The molecule has 0 amide bonds. The highest BCUT2D eigenvalue weighted by Crippen LogP contribution is 2.26. The second-order valence-electron chi connectivity index (χ2n) is 2.72. The molecule has 2 nitrogen and oxygen atoms in total. The van der Waals surface area contributed by atoms with Gasteiger partial charge in [-0.2, -0.15) is 0 Å². The molecule has 1 aromatic heterocycles. The zero-order valence-electron chi connectivity index (χ0n) is 8.15. The van der Waals surface area contributed by atoms with Crippen LogP contribution < -0.4 is 0 Å². The third-order valence-electron chi connectivity index (χ3n) is 1.76. The van der Waals surface area contributed by atoms with Crippen LogP contribution in [0.1, 0.15) is 35.5 Å². The quantitative estimate of drug-likeness (QED) is 0.609. The Morgan fingerprint density at radius 1 is 1.14 bits per heavy atom. The lowest BCUT2D eigenvalue weighted by molar-refractivity contribution is 0.111. The zero-order valence-corrected chi connectivity index (χ0v) is 9.04. The molecule has 0 N–H and O–H groups in total. The number of carbonyl (C=O) groups excluding carboxylic acids is 1. The lowest BCUT2D eigenvalue weighted by atomic mass is 10.1. The lowest BCUT2D eigenvalue weighted by Crippen LogP contribution is -1.81. The predicted octanol–water partition coefficient (Wildman–Crippen LogP) is 3.45. The summed E-state index contributed by atoms with van der Waals surface area (Å²) < 4.78 is 5.32. The fourth-order valence-corrected chi connectivity index (χ4v) is 1.46. The van der Waals surface area contributed by atoms with Gasteiger partial charge in [0.15, 0.2) is 11.4 Å². The van der Waals surface area contributed by atoms with E-state index in [0.29, 0.717) is 16.4 Å². The highest BCUT2D eigenvalue weighted by molar-refractivity contribution is 7.80. The average Bonchev–Trinajstić information content (AvgIpc) is 2.44. The Hall–Kier alpha value is -1.22. The van der Waals surface area contributed by atoms with Crippen molar-refractivity contribution < 1.29 is 9.21 Å². The van der Waals surface area contributed by atoms with Gasteiger partial charge < -0.3 is 4.42 Å². The molecule has 0 aliphatic carbocycles. The molecule has 0 fully saturated rings. The first-order valence-electron chi connectivity index (χ1n) is 4.30. The van der Waals surface area contributed by atoms with Crippen molar-refractivity contribution in [1.29, 1.82) is 0 Å². The van der Waals surface area contributed by atoms with Crippen LogP contribution in [0.4, 0.5) is 0 Å². The van der Waals surface area contributed by atoms with E-state index in [9.17, 15) is 4.79 Å². The van der Waals surface area contributed by atoms with E-state index in [4.69, 9.17) is 4.42 Å². The monoisotopic (exact) mass is 208 g/mol. The highest BCUT2D eigenvalue weighted by Gasteiger charge is 2.13. The molecule has 0 atom stereocenters. The first-order chi connectivity index (χ1) is 6.74. The standard InChI is InChI=1S/C11H12O2S/c1-3-5-8-9(7-12)11(14)13-10(8)6-4-2/h3-7,14H,1-2H3. The second kappa shape index (κ2) is 4.86. The molecule has 0 aliphatic rings. The van der Waals surface area contributed by atoms with Crippen LogP contribution >= 0.6 is 12.6 Å². The Balaban J connectivity index is 3.36. The molecule has 0 bridgehead atoms. The molecule has 0 saturated carbocycles. The van der Waals surface area contributed by atoms with Gasteiger partial charge in [0.2, 0.25) is 0 Å². The van der Waals surface area contributed by atoms with Gasteiger partial charge in [-0.15, -0.1) is 12.6 Å². The smallest absolute Gasteiger partial charge is 0.169 e. The Bertz CT molecular complexity index is 386. The third-order valence-corrected chi connectivity index (χ3v) is 2.09. The van der Waals surface area contributed by atoms with Crippen LogP contribution in [-0.4, -0.2) is 6.29 Å². The van der Waals surface area contributed by atoms with E-state index in [-0.39, 0.29) is 0 Å². The molecular formula is C11H12O2S. The maximum atomic E-state index is 10.8. The van der Waals surface area contributed by atoms with Crippen LogP contribution in [0.3, 0.4) is 0 Å². The highest BCUT2D eigenvalue weighted by atomic mass is 32.1. The summed E-state index contributed by atoms with van der Waals surface area (Å²) in [6, 6.07) is 0. The molecule has 0 aromatic carbocycles. The molecule has 0 unspecified atom stereocenters. The minimum atomic E-state index is 0.362. The van der Waals surface area contributed by atoms with Gasteiger partial charge in [0, 0.05) is 5.56 Å². The summed E-state index contributed by atoms with van der Waals surface area (Å²) in [5.74, 6) is 0.665. The van der Waals surface area contributed by atoms with Gasteiger partial charge in [0.1, 0.15) is 5.76 Å². The molecule has 0 radical (unpaired) electrons. The van der Waals surface area contributed by atoms with Crippen molar-refractivity contribution in [3.05, 3.63) is 29.0 Å². The van der Waals surface area contributed by atoms with Crippen LogP contribution in [0.25, 0.3) is 12.2 Å². The predicted molar refractivity (Wildman–Crippen MR) is 60.8 cm³/mol. The van der Waals surface area contributed by atoms with Crippen molar-refractivity contribution in [1.82, 2.24) is 0 Å². The van der Waals surface area contributed by atoms with Crippen molar-refractivity contribution in [2.45, 2.75) is 18.9 Å². The number of furan rings is 1. The maximum absolute atomic E-state index is 10.8. The van der Waals surface area contributed by atoms with Gasteiger partial charge in [0.25, 0.3) is 0 Å². The summed E-state index contributed by atoms with van der Waals surface area (Å²) in [7, 11) is 0. The summed E-state index contributed by atoms with van der Waals surface area (Å²) in [5.41, 5.74) is 1.28. The summed E-state index contributed by atoms with van der Waals surface area (Å²) in [6.07, 6.45) is 8.12. The molecule has 0 saturated heterocycles. The average molecular weight is 208 g/mol. The van der Waals surface area contributed by atoms with E-state index in [1.807, 2.05) is 38.2 Å². The fraction of sp³-hybridized carbons (Fsp3) is 0.182. The fourth-order valence-electron chi connectivity index (χ4n) is 1.19. The van der Waals surface area contributed by atoms with Crippen molar-refractivity contribution in [2.24, 2.45) is 0 Å². The van der Waals surface area contributed by atoms with Gasteiger partial charge >= 0.3 is 0 Å². The summed E-state index contributed by atoms with van der Waals surface area (Å²) in [4.78, 5) is 10.8. The van der Waals surface area contributed by atoms with E-state index >= 15 is 0 Å². The Morgan fingerprint density at radius 2 is 1.79 bits per heavy atom. The number of aldehydes is 1. The lowest BCUT2D eigenvalue weighted by Gasteiger charge is -1.89. The second-order valence-corrected chi connectivity index (χ2v) is 3.12. The van der Waals surface area contributed by atoms with Crippen LogP contribution in [0.2, 0.25) is 0 Å². The minimum absolute atomic E-state index is 0.362. The van der Waals surface area contributed by atoms with Crippen LogP contribution in [0, 0.1) is 0 Å². The number of rotatable bonds is 3. The van der Waals surface area contributed by atoms with E-state index in [1.54, 1.807) is 0 Å². The minimum Gasteiger partial charge on any atom is -0.449 e. The van der Waals surface area contributed by atoms with Crippen LogP contribution in [-0.2, 0) is 0 Å². The molecule has 74 valence electrons. The summed E-state index contributed by atoms with van der Waals surface area (Å²) >= 11 is 4.09. The number of hydrogen-bond acceptors (Lipinski definition) is 3. The van der Waals surface area contributed by atoms with E-state index in [2.05, 4.69) is 12.6 Å². The first-order valence-corrected chi connectivity index (χ1v) is 4.75. The molecule has 0 spiro atoms. The topological polar surface area (TPSA) is 30.2 Å². The van der Waals surface area contributed by atoms with Crippen LogP contribution in [0.5, 0.6) is 0 Å².